The first-order valence-electron chi connectivity index (χ1n) is 6.00. The topological polar surface area (TPSA) is 118 Å². The number of nitrogens with zero attached hydrogens (tertiary/aromatic N) is 4. The lowest BCUT2D eigenvalue weighted by Crippen LogP contribution is -2.24. The number of alkyl halides is 2. The summed E-state index contributed by atoms with van der Waals surface area (Å²) in [6.45, 7) is -0.211. The van der Waals surface area contributed by atoms with E-state index in [0.29, 0.717) is 5.65 Å². The Kier molecular flexibility index (Phi) is 3.37. The SMILES string of the molecule is O=C(NCc1nc(C(F)F)no1)c1ccc2n[nH]c(=O)n2c1. The van der Waals surface area contributed by atoms with E-state index < -0.39 is 23.8 Å². The van der Waals surface area contributed by atoms with Gasteiger partial charge in [-0.2, -0.15) is 10.1 Å². The summed E-state index contributed by atoms with van der Waals surface area (Å²) in [4.78, 5) is 26.8. The van der Waals surface area contributed by atoms with Crippen molar-refractivity contribution in [1.29, 1.82) is 0 Å². The van der Waals surface area contributed by atoms with E-state index >= 15 is 0 Å². The van der Waals surface area contributed by atoms with Gasteiger partial charge in [0.2, 0.25) is 11.7 Å². The van der Waals surface area contributed by atoms with Crippen molar-refractivity contribution in [1.82, 2.24) is 30.1 Å². The van der Waals surface area contributed by atoms with Crippen molar-refractivity contribution in [3.63, 3.8) is 0 Å². The van der Waals surface area contributed by atoms with Crippen LogP contribution in [0.1, 0.15) is 28.5 Å². The van der Waals surface area contributed by atoms with Crippen LogP contribution in [0.4, 0.5) is 8.78 Å². The Morgan fingerprint density at radius 1 is 1.45 bits per heavy atom. The highest BCUT2D eigenvalue weighted by molar-refractivity contribution is 5.94. The van der Waals surface area contributed by atoms with Gasteiger partial charge in [-0.1, -0.05) is 5.16 Å². The molecule has 1 amide bonds. The molecular weight excluding hydrogens is 302 g/mol. The van der Waals surface area contributed by atoms with Gasteiger partial charge >= 0.3 is 12.1 Å². The Balaban J connectivity index is 1.72. The Labute approximate surface area is 119 Å². The molecule has 0 saturated carbocycles. The Morgan fingerprint density at radius 2 is 2.27 bits per heavy atom. The number of carbonyl (C=O) groups is 1. The van der Waals surface area contributed by atoms with Crippen molar-refractivity contribution in [3.8, 4) is 0 Å². The van der Waals surface area contributed by atoms with Crippen LogP contribution >= 0.6 is 0 Å². The van der Waals surface area contributed by atoms with Crippen molar-refractivity contribution in [2.45, 2.75) is 13.0 Å². The number of rotatable bonds is 4. The minimum absolute atomic E-state index is 0.148. The molecule has 2 N–H and O–H groups in total. The zero-order chi connectivity index (χ0) is 15.7. The van der Waals surface area contributed by atoms with Gasteiger partial charge in [0.25, 0.3) is 5.91 Å². The fraction of sp³-hybridized carbons (Fsp3) is 0.182. The van der Waals surface area contributed by atoms with E-state index in [1.54, 1.807) is 0 Å². The van der Waals surface area contributed by atoms with Gasteiger partial charge in [0.05, 0.1) is 12.1 Å². The van der Waals surface area contributed by atoms with E-state index in [1.807, 2.05) is 0 Å². The molecule has 0 atom stereocenters. The zero-order valence-electron chi connectivity index (χ0n) is 10.8. The fourth-order valence-electron chi connectivity index (χ4n) is 1.73. The quantitative estimate of drug-likeness (QED) is 0.714. The molecule has 0 fully saturated rings. The van der Waals surface area contributed by atoms with Gasteiger partial charge in [-0.15, -0.1) is 0 Å². The van der Waals surface area contributed by atoms with Gasteiger partial charge in [0.1, 0.15) is 0 Å². The Morgan fingerprint density at radius 3 is 3.00 bits per heavy atom. The summed E-state index contributed by atoms with van der Waals surface area (Å²) < 4.78 is 30.3. The van der Waals surface area contributed by atoms with Crippen molar-refractivity contribution in [2.24, 2.45) is 0 Å². The number of nitrogens with one attached hydrogen (secondary N) is 2. The highest BCUT2D eigenvalue weighted by atomic mass is 19.3. The minimum Gasteiger partial charge on any atom is -0.343 e. The van der Waals surface area contributed by atoms with Crippen molar-refractivity contribution >= 4 is 11.6 Å². The van der Waals surface area contributed by atoms with E-state index in [0.717, 1.165) is 4.40 Å². The number of hydrogen-bond acceptors (Lipinski definition) is 6. The third kappa shape index (κ3) is 2.55. The van der Waals surface area contributed by atoms with Crippen LogP contribution in [-0.2, 0) is 6.54 Å². The Hall–Kier alpha value is -3.11. The molecule has 0 unspecified atom stereocenters. The largest absolute Gasteiger partial charge is 0.347 e. The van der Waals surface area contributed by atoms with E-state index in [2.05, 4.69) is 30.2 Å². The minimum atomic E-state index is -2.84. The number of halogens is 2. The summed E-state index contributed by atoms with van der Waals surface area (Å²) in [6, 6.07) is 2.94. The lowest BCUT2D eigenvalue weighted by atomic mass is 10.2. The first kappa shape index (κ1) is 13.9. The predicted molar refractivity (Wildman–Crippen MR) is 66.2 cm³/mol. The van der Waals surface area contributed by atoms with Gasteiger partial charge in [-0.05, 0) is 12.1 Å². The molecule has 9 nitrogen and oxygen atoms in total. The molecule has 0 aliphatic heterocycles. The summed E-state index contributed by atoms with van der Waals surface area (Å²) in [5, 5.41) is 11.4. The van der Waals surface area contributed by atoms with E-state index in [4.69, 9.17) is 0 Å². The molecule has 0 aliphatic rings. The third-order valence-corrected chi connectivity index (χ3v) is 2.75. The molecule has 11 heteroatoms. The summed E-state index contributed by atoms with van der Waals surface area (Å²) in [6.07, 6.45) is -1.54. The lowest BCUT2D eigenvalue weighted by molar-refractivity contribution is 0.0945. The standard InChI is InChI=1S/C11H8F2N6O3/c12-8(13)9-15-7(22-18-9)3-14-10(20)5-1-2-6-16-17-11(21)19(6)4-5/h1-2,4,8H,3H2,(H,14,20)(H,17,21). The second-order valence-corrected chi connectivity index (χ2v) is 4.20. The van der Waals surface area contributed by atoms with Gasteiger partial charge in [0, 0.05) is 6.20 Å². The van der Waals surface area contributed by atoms with E-state index in [1.165, 1.54) is 18.3 Å². The van der Waals surface area contributed by atoms with Crippen LogP contribution in [0.3, 0.4) is 0 Å². The molecule has 3 aromatic heterocycles. The van der Waals surface area contributed by atoms with Crippen LogP contribution in [0.5, 0.6) is 0 Å². The maximum Gasteiger partial charge on any atom is 0.347 e. The maximum absolute atomic E-state index is 12.3. The van der Waals surface area contributed by atoms with Crippen molar-refractivity contribution in [3.05, 3.63) is 46.1 Å². The second-order valence-electron chi connectivity index (χ2n) is 4.20. The number of aromatic nitrogens is 5. The second kappa shape index (κ2) is 5.35. The predicted octanol–water partition coefficient (Wildman–Crippen LogP) is 0.273. The van der Waals surface area contributed by atoms with Crippen LogP contribution in [-0.4, -0.2) is 30.6 Å². The van der Waals surface area contributed by atoms with Crippen LogP contribution in [0.15, 0.2) is 27.6 Å². The van der Waals surface area contributed by atoms with E-state index in [-0.39, 0.29) is 18.0 Å². The molecule has 3 heterocycles. The number of hydrogen-bond donors (Lipinski definition) is 2. The van der Waals surface area contributed by atoms with Crippen LogP contribution < -0.4 is 11.0 Å². The molecule has 3 aromatic rings. The number of carbonyl (C=O) groups excluding carboxylic acids is 1. The average molecular weight is 310 g/mol. The monoisotopic (exact) mass is 310 g/mol. The smallest absolute Gasteiger partial charge is 0.343 e. The number of fused-ring (bicyclic) bond motifs is 1. The normalized spacial score (nSPS) is 11.2. The van der Waals surface area contributed by atoms with Crippen LogP contribution in [0.25, 0.3) is 5.65 Å². The number of amides is 1. The first-order valence-corrected chi connectivity index (χ1v) is 6.00. The number of aromatic amines is 1. The maximum atomic E-state index is 12.3. The molecule has 0 radical (unpaired) electrons. The molecular formula is C11H8F2N6O3. The van der Waals surface area contributed by atoms with Crippen molar-refractivity contribution < 1.29 is 18.1 Å². The van der Waals surface area contributed by atoms with Gasteiger partial charge in [-0.3, -0.25) is 4.79 Å². The molecule has 114 valence electrons. The summed E-state index contributed by atoms with van der Waals surface area (Å²) in [5.41, 5.74) is 0.0627. The third-order valence-electron chi connectivity index (χ3n) is 2.75. The van der Waals surface area contributed by atoms with Gasteiger partial charge < -0.3 is 9.84 Å². The number of H-pyrrole nitrogens is 1. The molecule has 3 rings (SSSR count). The zero-order valence-corrected chi connectivity index (χ0v) is 10.8. The lowest BCUT2D eigenvalue weighted by Gasteiger charge is -2.02. The first-order chi connectivity index (χ1) is 10.5. The van der Waals surface area contributed by atoms with E-state index in [9.17, 15) is 18.4 Å². The fourth-order valence-corrected chi connectivity index (χ4v) is 1.73. The molecule has 22 heavy (non-hydrogen) atoms. The highest BCUT2D eigenvalue weighted by Gasteiger charge is 2.16. The molecule has 0 saturated heterocycles. The average Bonchev–Trinajstić information content (AvgIpc) is 3.12. The molecule has 0 bridgehead atoms. The molecule has 0 spiro atoms. The van der Waals surface area contributed by atoms with Crippen LogP contribution in [0, 0.1) is 0 Å². The summed E-state index contributed by atoms with van der Waals surface area (Å²) in [5.74, 6) is -1.42. The van der Waals surface area contributed by atoms with Crippen molar-refractivity contribution in [2.75, 3.05) is 0 Å². The highest BCUT2D eigenvalue weighted by Crippen LogP contribution is 2.14. The summed E-state index contributed by atoms with van der Waals surface area (Å²) in [7, 11) is 0. The Bertz CT molecular complexity index is 883. The van der Waals surface area contributed by atoms with Crippen LogP contribution in [0.2, 0.25) is 0 Å². The summed E-state index contributed by atoms with van der Waals surface area (Å²) >= 11 is 0. The van der Waals surface area contributed by atoms with Gasteiger partial charge in [-0.25, -0.2) is 23.1 Å². The molecule has 0 aliphatic carbocycles. The number of pyridine rings is 1. The van der Waals surface area contributed by atoms with Gasteiger partial charge in [0.15, 0.2) is 5.65 Å². The molecule has 0 aromatic carbocycles.